The van der Waals surface area contributed by atoms with Crippen LogP contribution in [0.4, 0.5) is 0 Å². The van der Waals surface area contributed by atoms with Crippen LogP contribution < -0.4 is 5.32 Å². The molecule has 6 heteroatoms. The molecular weight excluding hydrogens is 194 g/mol. The van der Waals surface area contributed by atoms with E-state index in [1.165, 1.54) is 0 Å². The Balaban J connectivity index is 2.48. The van der Waals surface area contributed by atoms with E-state index in [9.17, 15) is 0 Å². The van der Waals surface area contributed by atoms with Gasteiger partial charge in [0.05, 0.1) is 19.2 Å². The van der Waals surface area contributed by atoms with Crippen LogP contribution in [0.25, 0.3) is 0 Å². The zero-order valence-corrected chi connectivity index (χ0v) is 9.60. The summed E-state index contributed by atoms with van der Waals surface area (Å²) in [5.74, 6) is 0.850. The van der Waals surface area contributed by atoms with Crippen molar-refractivity contribution in [3.63, 3.8) is 0 Å². The highest BCUT2D eigenvalue weighted by Gasteiger charge is 2.09. The molecule has 1 unspecified atom stereocenters. The Morgan fingerprint density at radius 1 is 1.47 bits per heavy atom. The number of nitrogens with zero attached hydrogens (tertiary/aromatic N) is 4. The number of hydrogen-bond donors (Lipinski definition) is 1. The fraction of sp³-hybridized carbons (Fsp3) is 0.889. The lowest BCUT2D eigenvalue weighted by atomic mass is 10.4. The van der Waals surface area contributed by atoms with E-state index in [-0.39, 0.29) is 6.10 Å². The molecule has 0 amide bonds. The van der Waals surface area contributed by atoms with Gasteiger partial charge in [0.1, 0.15) is 0 Å². The number of tetrazole rings is 1. The van der Waals surface area contributed by atoms with Crippen molar-refractivity contribution in [1.82, 2.24) is 25.5 Å². The van der Waals surface area contributed by atoms with Crippen LogP contribution in [-0.2, 0) is 17.8 Å². The molecule has 15 heavy (non-hydrogen) atoms. The number of hydrogen-bond acceptors (Lipinski definition) is 5. The number of ether oxygens (including phenoxy) is 1. The minimum atomic E-state index is 0.138. The molecule has 0 aliphatic rings. The molecule has 0 saturated heterocycles. The van der Waals surface area contributed by atoms with Crippen LogP contribution >= 0.6 is 0 Å². The smallest absolute Gasteiger partial charge is 0.165 e. The molecule has 86 valence electrons. The van der Waals surface area contributed by atoms with Crippen molar-refractivity contribution in [1.29, 1.82) is 0 Å². The van der Waals surface area contributed by atoms with Crippen molar-refractivity contribution >= 4 is 0 Å². The summed E-state index contributed by atoms with van der Waals surface area (Å²) in [4.78, 5) is 0. The van der Waals surface area contributed by atoms with Crippen LogP contribution in [0.3, 0.4) is 0 Å². The molecule has 0 spiro atoms. The van der Waals surface area contributed by atoms with Gasteiger partial charge in [0.2, 0.25) is 0 Å². The van der Waals surface area contributed by atoms with Gasteiger partial charge >= 0.3 is 0 Å². The Bertz CT molecular complexity index is 275. The van der Waals surface area contributed by atoms with Gasteiger partial charge in [-0.2, -0.15) is 0 Å². The second-order valence-corrected chi connectivity index (χ2v) is 3.32. The standard InChI is InChI=1S/C9H19N5O/c1-4-10-6-9-11-12-13-14(9)7-8(3)15-5-2/h8,10H,4-7H2,1-3H3. The molecule has 1 heterocycles. The van der Waals surface area contributed by atoms with E-state index < -0.39 is 0 Å². The van der Waals surface area contributed by atoms with Gasteiger partial charge in [0, 0.05) is 6.61 Å². The average molecular weight is 213 g/mol. The van der Waals surface area contributed by atoms with Crippen LogP contribution in [0.2, 0.25) is 0 Å². The van der Waals surface area contributed by atoms with Crippen molar-refractivity contribution in [3.05, 3.63) is 5.82 Å². The first-order valence-electron chi connectivity index (χ1n) is 5.35. The molecule has 0 aliphatic carbocycles. The first-order valence-corrected chi connectivity index (χ1v) is 5.35. The Labute approximate surface area is 90.0 Å². The highest BCUT2D eigenvalue weighted by atomic mass is 16.5. The van der Waals surface area contributed by atoms with Gasteiger partial charge in [-0.15, -0.1) is 5.10 Å². The molecule has 1 aromatic heterocycles. The van der Waals surface area contributed by atoms with Crippen LogP contribution in [0.15, 0.2) is 0 Å². The normalized spacial score (nSPS) is 13.0. The monoisotopic (exact) mass is 213 g/mol. The zero-order chi connectivity index (χ0) is 11.1. The fourth-order valence-electron chi connectivity index (χ4n) is 1.31. The summed E-state index contributed by atoms with van der Waals surface area (Å²) in [5.41, 5.74) is 0. The Hall–Kier alpha value is -1.01. The molecule has 0 saturated carbocycles. The molecule has 0 bridgehead atoms. The maximum Gasteiger partial charge on any atom is 0.165 e. The molecule has 0 fully saturated rings. The third-order valence-electron chi connectivity index (χ3n) is 2.02. The van der Waals surface area contributed by atoms with Crippen LogP contribution in [0.5, 0.6) is 0 Å². The van der Waals surface area contributed by atoms with Gasteiger partial charge in [-0.05, 0) is 30.8 Å². The number of rotatable bonds is 7. The molecule has 0 aliphatic heterocycles. The molecule has 6 nitrogen and oxygen atoms in total. The number of aromatic nitrogens is 4. The summed E-state index contributed by atoms with van der Waals surface area (Å²) >= 11 is 0. The Morgan fingerprint density at radius 3 is 2.93 bits per heavy atom. The second-order valence-electron chi connectivity index (χ2n) is 3.32. The van der Waals surface area contributed by atoms with Gasteiger partial charge in [-0.3, -0.25) is 0 Å². The summed E-state index contributed by atoms with van der Waals surface area (Å²) in [6.45, 7) is 9.07. The van der Waals surface area contributed by atoms with E-state index in [1.807, 2.05) is 13.8 Å². The molecular formula is C9H19N5O. The lowest BCUT2D eigenvalue weighted by Gasteiger charge is -2.12. The average Bonchev–Trinajstić information content (AvgIpc) is 2.63. The van der Waals surface area contributed by atoms with Crippen LogP contribution in [-0.4, -0.2) is 39.5 Å². The van der Waals surface area contributed by atoms with Crippen molar-refractivity contribution in [2.45, 2.75) is 40.0 Å². The summed E-state index contributed by atoms with van der Waals surface area (Å²) in [5, 5.41) is 14.7. The number of nitrogens with one attached hydrogen (secondary N) is 1. The fourth-order valence-corrected chi connectivity index (χ4v) is 1.31. The lowest BCUT2D eigenvalue weighted by molar-refractivity contribution is 0.0603. The Kier molecular flexibility index (Phi) is 5.20. The van der Waals surface area contributed by atoms with E-state index in [1.54, 1.807) is 4.68 Å². The van der Waals surface area contributed by atoms with Crippen molar-refractivity contribution in [2.24, 2.45) is 0 Å². The van der Waals surface area contributed by atoms with Gasteiger partial charge in [0.25, 0.3) is 0 Å². The quantitative estimate of drug-likeness (QED) is 0.701. The SMILES string of the molecule is CCNCc1nnnn1CC(C)OCC. The third kappa shape index (κ3) is 3.93. The molecule has 0 aromatic carbocycles. The first kappa shape index (κ1) is 12.1. The maximum absolute atomic E-state index is 5.44. The summed E-state index contributed by atoms with van der Waals surface area (Å²) in [6.07, 6.45) is 0.138. The molecule has 1 rings (SSSR count). The molecule has 1 atom stereocenters. The van der Waals surface area contributed by atoms with E-state index in [0.717, 1.165) is 12.4 Å². The van der Waals surface area contributed by atoms with Crippen molar-refractivity contribution in [3.8, 4) is 0 Å². The summed E-state index contributed by atoms with van der Waals surface area (Å²) < 4.78 is 7.22. The minimum absolute atomic E-state index is 0.138. The predicted octanol–water partition coefficient (Wildman–Crippen LogP) is 0.208. The van der Waals surface area contributed by atoms with Gasteiger partial charge < -0.3 is 10.1 Å². The summed E-state index contributed by atoms with van der Waals surface area (Å²) in [6, 6.07) is 0. The van der Waals surface area contributed by atoms with Crippen LogP contribution in [0.1, 0.15) is 26.6 Å². The van der Waals surface area contributed by atoms with E-state index >= 15 is 0 Å². The van der Waals surface area contributed by atoms with Gasteiger partial charge in [-0.1, -0.05) is 6.92 Å². The van der Waals surface area contributed by atoms with Gasteiger partial charge in [-0.25, -0.2) is 4.68 Å². The zero-order valence-electron chi connectivity index (χ0n) is 9.60. The summed E-state index contributed by atoms with van der Waals surface area (Å²) in [7, 11) is 0. The van der Waals surface area contributed by atoms with Gasteiger partial charge in [0.15, 0.2) is 5.82 Å². The van der Waals surface area contributed by atoms with E-state index in [4.69, 9.17) is 4.74 Å². The topological polar surface area (TPSA) is 64.9 Å². The third-order valence-corrected chi connectivity index (χ3v) is 2.02. The molecule has 0 radical (unpaired) electrons. The van der Waals surface area contributed by atoms with Crippen molar-refractivity contribution < 1.29 is 4.74 Å². The minimum Gasteiger partial charge on any atom is -0.377 e. The largest absolute Gasteiger partial charge is 0.377 e. The van der Waals surface area contributed by atoms with E-state index in [0.29, 0.717) is 19.7 Å². The first-order chi connectivity index (χ1) is 7.27. The van der Waals surface area contributed by atoms with E-state index in [2.05, 4.69) is 27.8 Å². The van der Waals surface area contributed by atoms with Crippen molar-refractivity contribution in [2.75, 3.05) is 13.2 Å². The molecule has 1 aromatic rings. The van der Waals surface area contributed by atoms with Crippen LogP contribution in [0, 0.1) is 0 Å². The lowest BCUT2D eigenvalue weighted by Crippen LogP contribution is -2.22. The highest BCUT2D eigenvalue weighted by molar-refractivity contribution is 4.80. The second kappa shape index (κ2) is 6.47. The predicted molar refractivity (Wildman–Crippen MR) is 56.3 cm³/mol. The molecule has 1 N–H and O–H groups in total. The Morgan fingerprint density at radius 2 is 2.27 bits per heavy atom. The maximum atomic E-state index is 5.44. The highest BCUT2D eigenvalue weighted by Crippen LogP contribution is 1.98.